The summed E-state index contributed by atoms with van der Waals surface area (Å²) in [6, 6.07) is 15.5. The minimum atomic E-state index is 0. The molecule has 1 amide bonds. The van der Waals surface area contributed by atoms with Crippen LogP contribution in [0.3, 0.4) is 0 Å². The van der Waals surface area contributed by atoms with Crippen LogP contribution in [0.1, 0.15) is 6.42 Å². The van der Waals surface area contributed by atoms with E-state index >= 15 is 0 Å². The number of hydrogen-bond acceptors (Lipinski definition) is 4. The van der Waals surface area contributed by atoms with Gasteiger partial charge in [0.15, 0.2) is 0 Å². The number of halogens is 1. The van der Waals surface area contributed by atoms with Crippen molar-refractivity contribution in [2.24, 2.45) is 0 Å². The second kappa shape index (κ2) is 11.0. The van der Waals surface area contributed by atoms with Gasteiger partial charge < -0.3 is 27.2 Å². The van der Waals surface area contributed by atoms with Crippen LogP contribution >= 0.6 is 0 Å². The van der Waals surface area contributed by atoms with E-state index in [1.54, 1.807) is 0 Å². The Balaban J connectivity index is 0.000000393. The Morgan fingerprint density at radius 3 is 1.82 bits per heavy atom. The first-order chi connectivity index (χ1) is 9.65. The van der Waals surface area contributed by atoms with Crippen molar-refractivity contribution in [3.63, 3.8) is 0 Å². The number of phenols is 2. The molecule has 1 aliphatic heterocycles. The topological polar surface area (TPSA) is 72.8 Å². The maximum Gasteiger partial charge on any atom is 1.00 e. The summed E-state index contributed by atoms with van der Waals surface area (Å²) in [5, 5.41) is 19.2. The third-order valence-electron chi connectivity index (χ3n) is 2.74. The first kappa shape index (κ1) is 21.4. The molecule has 0 aromatic heterocycles. The second-order valence-corrected chi connectivity index (χ2v) is 4.29. The van der Waals surface area contributed by atoms with Crippen LogP contribution < -0.4 is 78.8 Å². The molecule has 2 aromatic rings. The Morgan fingerprint density at radius 1 is 0.909 bits per heavy atom. The fraction of sp³-hybridized carbons (Fsp3) is 0.133. The Labute approximate surface area is 182 Å². The van der Waals surface area contributed by atoms with E-state index in [4.69, 9.17) is 10.2 Å². The van der Waals surface area contributed by atoms with Gasteiger partial charge in [-0.3, -0.25) is 15.2 Å². The van der Waals surface area contributed by atoms with Crippen LogP contribution in [0, 0.1) is 0 Å². The van der Waals surface area contributed by atoms with Crippen LogP contribution in [0.5, 0.6) is 11.5 Å². The van der Waals surface area contributed by atoms with Crippen molar-refractivity contribution in [3.05, 3.63) is 54.6 Å². The van der Waals surface area contributed by atoms with Gasteiger partial charge in [0, 0.05) is 13.0 Å². The minimum Gasteiger partial charge on any atom is -1.00 e. The number of para-hydroxylation sites is 1. The molecule has 0 radical (unpaired) electrons. The number of carbonyl (C=O) groups excluding carboxylic acids is 1. The van der Waals surface area contributed by atoms with E-state index in [0.29, 0.717) is 6.42 Å². The monoisotopic (exact) mass is 390 g/mol. The number of benzene rings is 2. The first-order valence-electron chi connectivity index (χ1n) is 6.25. The summed E-state index contributed by atoms with van der Waals surface area (Å²) >= 11 is 0. The molecule has 1 heterocycles. The number of amides is 1. The normalized spacial score (nSPS) is 12.2. The zero-order valence-corrected chi connectivity index (χ0v) is 16.9. The van der Waals surface area contributed by atoms with E-state index in [0.717, 1.165) is 12.2 Å². The zero-order valence-electron chi connectivity index (χ0n) is 12.2. The van der Waals surface area contributed by atoms with Crippen molar-refractivity contribution in [2.75, 3.05) is 11.6 Å². The summed E-state index contributed by atoms with van der Waals surface area (Å²) in [5.74, 6) is 0.435. The maximum absolute atomic E-state index is 10.9. The number of hydrazine groups is 1. The minimum absolute atomic E-state index is 0. The number of phenolic OH excluding ortho intramolecular Hbond substituents is 2. The number of hydrogen-bond donors (Lipinski definition) is 3. The van der Waals surface area contributed by atoms with E-state index in [2.05, 4.69) is 5.43 Å². The smallest absolute Gasteiger partial charge is 1.00 e. The van der Waals surface area contributed by atoms with Crippen LogP contribution in [0.15, 0.2) is 54.6 Å². The zero-order chi connectivity index (χ0) is 14.4. The van der Waals surface area contributed by atoms with Crippen LogP contribution in [-0.4, -0.2) is 22.7 Å². The molecule has 112 valence electrons. The van der Waals surface area contributed by atoms with Gasteiger partial charge in [-0.15, -0.1) is 0 Å². The van der Waals surface area contributed by atoms with E-state index in [-0.39, 0.29) is 85.8 Å². The van der Waals surface area contributed by atoms with Gasteiger partial charge in [0.05, 0.1) is 5.69 Å². The summed E-state index contributed by atoms with van der Waals surface area (Å²) in [7, 11) is 0. The molecule has 0 unspecified atom stereocenters. The molecule has 0 saturated carbocycles. The third kappa shape index (κ3) is 7.12. The predicted molar refractivity (Wildman–Crippen MR) is 76.3 cm³/mol. The van der Waals surface area contributed by atoms with Gasteiger partial charge in [-0.2, -0.15) is 0 Å². The molecule has 5 nitrogen and oxygen atoms in total. The van der Waals surface area contributed by atoms with Crippen LogP contribution in [-0.2, 0) is 4.79 Å². The summed E-state index contributed by atoms with van der Waals surface area (Å²) in [4.78, 5) is 10.9. The maximum atomic E-state index is 10.9. The number of nitrogens with zero attached hydrogens (tertiary/aromatic N) is 1. The van der Waals surface area contributed by atoms with Crippen molar-refractivity contribution >= 4 is 11.6 Å². The van der Waals surface area contributed by atoms with Crippen molar-refractivity contribution in [1.29, 1.82) is 0 Å². The Bertz CT molecular complexity index is 546. The molecule has 3 rings (SSSR count). The van der Waals surface area contributed by atoms with Gasteiger partial charge in [-0.25, -0.2) is 0 Å². The number of nitrogens with one attached hydrogen (secondary N) is 1. The molecule has 0 spiro atoms. The van der Waals surface area contributed by atoms with Crippen molar-refractivity contribution in [1.82, 2.24) is 5.43 Å². The molecular formula is C15H16BrKN2O3. The second-order valence-electron chi connectivity index (χ2n) is 4.29. The van der Waals surface area contributed by atoms with E-state index in [1.165, 1.54) is 24.3 Å². The van der Waals surface area contributed by atoms with Gasteiger partial charge in [-0.1, -0.05) is 18.2 Å². The van der Waals surface area contributed by atoms with Gasteiger partial charge in [0.25, 0.3) is 0 Å². The van der Waals surface area contributed by atoms with Gasteiger partial charge >= 0.3 is 51.4 Å². The Morgan fingerprint density at radius 2 is 1.41 bits per heavy atom. The number of aromatic hydroxyl groups is 2. The average Bonchev–Trinajstić information content (AvgIpc) is 2.91. The van der Waals surface area contributed by atoms with Crippen molar-refractivity contribution in [3.8, 4) is 11.5 Å². The molecule has 0 bridgehead atoms. The summed E-state index contributed by atoms with van der Waals surface area (Å²) in [5.41, 5.74) is 3.81. The van der Waals surface area contributed by atoms with Gasteiger partial charge in [0.2, 0.25) is 5.91 Å². The Hall–Kier alpha value is -0.574. The molecule has 1 aliphatic rings. The summed E-state index contributed by atoms with van der Waals surface area (Å²) in [6.45, 7) is 0.767. The number of carbonyl (C=O) groups is 1. The van der Waals surface area contributed by atoms with E-state index in [9.17, 15) is 4.79 Å². The van der Waals surface area contributed by atoms with Gasteiger partial charge in [-0.05, 0) is 36.4 Å². The standard InChI is InChI=1S/C9H10N2O.C6H6O2.BrH.K/c12-9-6-7-11(10-9)8-4-2-1-3-5-8;7-5-1-2-6(8)4-3-5;;/h1-5H,6-7H2,(H,10,12);1-4,7-8H;1H;/q;;;+1/p-1. The third-order valence-corrected chi connectivity index (χ3v) is 2.74. The molecule has 7 heteroatoms. The van der Waals surface area contributed by atoms with Crippen molar-refractivity contribution < 1.29 is 83.4 Å². The summed E-state index contributed by atoms with van der Waals surface area (Å²) in [6.07, 6.45) is 0.592. The van der Waals surface area contributed by atoms with E-state index < -0.39 is 0 Å². The van der Waals surface area contributed by atoms with Crippen LogP contribution in [0.4, 0.5) is 5.69 Å². The quantitative estimate of drug-likeness (QED) is 0.343. The average molecular weight is 391 g/mol. The van der Waals surface area contributed by atoms with Crippen molar-refractivity contribution in [2.45, 2.75) is 6.42 Å². The fourth-order valence-corrected chi connectivity index (χ4v) is 1.73. The molecule has 0 atom stereocenters. The van der Waals surface area contributed by atoms with Crippen LogP contribution in [0.25, 0.3) is 0 Å². The first-order valence-corrected chi connectivity index (χ1v) is 6.25. The fourth-order valence-electron chi connectivity index (χ4n) is 1.73. The molecular weight excluding hydrogens is 375 g/mol. The van der Waals surface area contributed by atoms with Gasteiger partial charge in [0.1, 0.15) is 11.5 Å². The number of rotatable bonds is 1. The molecule has 3 N–H and O–H groups in total. The molecule has 1 saturated heterocycles. The molecule has 2 aromatic carbocycles. The predicted octanol–water partition coefficient (Wildman–Crippen LogP) is -3.97. The molecule has 22 heavy (non-hydrogen) atoms. The molecule has 0 aliphatic carbocycles. The van der Waals surface area contributed by atoms with E-state index in [1.807, 2.05) is 35.3 Å². The summed E-state index contributed by atoms with van der Waals surface area (Å²) < 4.78 is 0. The van der Waals surface area contributed by atoms with Crippen LogP contribution in [0.2, 0.25) is 0 Å². The SMILES string of the molecule is O=C1CCN(c2ccccc2)N1.Oc1ccc(O)cc1.[Br-].[K+]. The molecule has 1 fully saturated rings. The Kier molecular flexibility index (Phi) is 10.8. The largest absolute Gasteiger partial charge is 1.00 e. The number of anilines is 1.